The van der Waals surface area contributed by atoms with Gasteiger partial charge in [-0.1, -0.05) is 18.2 Å². The van der Waals surface area contributed by atoms with Crippen LogP contribution in [0.1, 0.15) is 22.3 Å². The molecule has 0 atom stereocenters. The third-order valence-electron chi connectivity index (χ3n) is 4.20. The molecule has 7 nitrogen and oxygen atoms in total. The lowest BCUT2D eigenvalue weighted by atomic mass is 10.2. The molecule has 3 aromatic heterocycles. The first-order valence-electron chi connectivity index (χ1n) is 8.65. The molecule has 2 N–H and O–H groups in total. The van der Waals surface area contributed by atoms with Crippen molar-refractivity contribution in [1.29, 1.82) is 0 Å². The number of rotatable bonds is 5. The molecule has 0 radical (unpaired) electrons. The number of thiazole rings is 1. The molecule has 0 unspecified atom stereocenters. The van der Waals surface area contributed by atoms with Crippen molar-refractivity contribution in [3.8, 4) is 9.88 Å². The zero-order valence-corrected chi connectivity index (χ0v) is 16.9. The molecule has 0 saturated carbocycles. The van der Waals surface area contributed by atoms with Crippen molar-refractivity contribution in [3.05, 3.63) is 62.7 Å². The van der Waals surface area contributed by atoms with Gasteiger partial charge >= 0.3 is 0 Å². The number of aromatic nitrogens is 3. The number of carbonyl (C=O) groups is 1. The predicted molar refractivity (Wildman–Crippen MR) is 113 cm³/mol. The van der Waals surface area contributed by atoms with Gasteiger partial charge in [0.1, 0.15) is 9.88 Å². The van der Waals surface area contributed by atoms with Gasteiger partial charge in [-0.15, -0.1) is 22.7 Å². The van der Waals surface area contributed by atoms with Gasteiger partial charge in [-0.3, -0.25) is 25.0 Å². The molecule has 9 heteroatoms. The Labute approximate surface area is 168 Å². The van der Waals surface area contributed by atoms with E-state index in [2.05, 4.69) is 20.8 Å². The summed E-state index contributed by atoms with van der Waals surface area (Å²) < 4.78 is 1.49. The van der Waals surface area contributed by atoms with Crippen molar-refractivity contribution in [2.24, 2.45) is 0 Å². The van der Waals surface area contributed by atoms with E-state index in [1.165, 1.54) is 15.9 Å². The van der Waals surface area contributed by atoms with Crippen molar-refractivity contribution in [1.82, 2.24) is 20.0 Å². The monoisotopic (exact) mass is 411 g/mol. The van der Waals surface area contributed by atoms with Gasteiger partial charge in [-0.25, -0.2) is 9.97 Å². The number of hydrogen-bond donors (Lipinski definition) is 2. The zero-order valence-electron chi connectivity index (χ0n) is 15.2. The molecule has 4 rings (SSSR count). The lowest BCUT2D eigenvalue weighted by molar-refractivity contribution is 0.0965. The van der Waals surface area contributed by atoms with E-state index in [-0.39, 0.29) is 11.5 Å². The van der Waals surface area contributed by atoms with E-state index in [1.54, 1.807) is 36.5 Å². The van der Waals surface area contributed by atoms with Gasteiger partial charge in [0.05, 0.1) is 21.5 Å². The Hall–Kier alpha value is -3.04. The molecule has 0 aliphatic rings. The fourth-order valence-electron chi connectivity index (χ4n) is 2.84. The second-order valence-corrected chi connectivity index (χ2v) is 7.94. The molecular weight excluding hydrogens is 394 g/mol. The van der Waals surface area contributed by atoms with Crippen LogP contribution in [0.4, 0.5) is 5.95 Å². The summed E-state index contributed by atoms with van der Waals surface area (Å²) in [5, 5.41) is 3.33. The molecule has 3 heterocycles. The summed E-state index contributed by atoms with van der Waals surface area (Å²) in [4.78, 5) is 35.8. The van der Waals surface area contributed by atoms with Crippen LogP contribution in [0.15, 0.2) is 46.6 Å². The fraction of sp³-hybridized carbons (Fsp3) is 0.158. The third-order valence-corrected chi connectivity index (χ3v) is 6.40. The highest BCUT2D eigenvalue weighted by atomic mass is 32.1. The second-order valence-electron chi connectivity index (χ2n) is 5.99. The summed E-state index contributed by atoms with van der Waals surface area (Å²) in [5.74, 6) is -0.0249. The first-order valence-corrected chi connectivity index (χ1v) is 10.4. The van der Waals surface area contributed by atoms with Crippen LogP contribution in [0.5, 0.6) is 0 Å². The molecule has 0 aliphatic carbocycles. The Bertz CT molecular complexity index is 1210. The van der Waals surface area contributed by atoms with Crippen molar-refractivity contribution in [3.63, 3.8) is 0 Å². The number of hydrazine groups is 1. The molecule has 0 saturated heterocycles. The zero-order chi connectivity index (χ0) is 19.7. The van der Waals surface area contributed by atoms with Gasteiger partial charge in [0, 0.05) is 6.54 Å². The van der Waals surface area contributed by atoms with Crippen LogP contribution in [-0.2, 0) is 6.54 Å². The van der Waals surface area contributed by atoms with Gasteiger partial charge in [0.25, 0.3) is 11.5 Å². The van der Waals surface area contributed by atoms with Crippen molar-refractivity contribution in [2.75, 3.05) is 5.43 Å². The van der Waals surface area contributed by atoms with Gasteiger partial charge in [0.15, 0.2) is 0 Å². The number of fused-ring (bicyclic) bond motifs is 1. The maximum atomic E-state index is 12.7. The second kappa shape index (κ2) is 7.53. The molecule has 4 aromatic rings. The number of benzene rings is 1. The maximum absolute atomic E-state index is 12.7. The number of aryl methyl sites for hydroxylation is 1. The maximum Gasteiger partial charge on any atom is 0.281 e. The van der Waals surface area contributed by atoms with Crippen molar-refractivity contribution >= 4 is 45.4 Å². The Balaban J connectivity index is 1.60. The fourth-order valence-corrected chi connectivity index (χ4v) is 4.60. The number of hydrogen-bond acceptors (Lipinski definition) is 7. The highest BCUT2D eigenvalue weighted by Crippen LogP contribution is 2.30. The highest BCUT2D eigenvalue weighted by Gasteiger charge is 2.17. The number of nitrogens with one attached hydrogen (secondary N) is 2. The van der Waals surface area contributed by atoms with E-state index < -0.39 is 0 Å². The number of amides is 1. The van der Waals surface area contributed by atoms with E-state index >= 15 is 0 Å². The van der Waals surface area contributed by atoms with E-state index in [4.69, 9.17) is 0 Å². The van der Waals surface area contributed by atoms with Crippen LogP contribution in [0.3, 0.4) is 0 Å². The number of anilines is 1. The highest BCUT2D eigenvalue weighted by molar-refractivity contribution is 7.22. The number of thiophene rings is 1. The molecule has 0 bridgehead atoms. The largest absolute Gasteiger partial charge is 0.281 e. The van der Waals surface area contributed by atoms with Gasteiger partial charge in [-0.2, -0.15) is 0 Å². The van der Waals surface area contributed by atoms with E-state index in [0.29, 0.717) is 34.0 Å². The number of carbonyl (C=O) groups excluding carboxylic acids is 1. The topological polar surface area (TPSA) is 88.9 Å². The summed E-state index contributed by atoms with van der Waals surface area (Å²) in [7, 11) is 0. The molecule has 142 valence electrons. The smallest absolute Gasteiger partial charge is 0.277 e. The molecule has 0 aliphatic heterocycles. The van der Waals surface area contributed by atoms with E-state index in [1.807, 2.05) is 30.5 Å². The standard InChI is InChI=1S/C19H17N5O2S2/c1-3-24-18(26)12-7-4-5-8-13(12)21-19(24)23-22-16(25)15-11(2)20-17(28-15)14-9-6-10-27-14/h4-10H,3H2,1-2H3,(H,21,23)(H,22,25). The summed E-state index contributed by atoms with van der Waals surface area (Å²) in [6.45, 7) is 4.08. The van der Waals surface area contributed by atoms with Crippen molar-refractivity contribution in [2.45, 2.75) is 20.4 Å². The Kier molecular flexibility index (Phi) is 4.93. The third kappa shape index (κ3) is 3.30. The summed E-state index contributed by atoms with van der Waals surface area (Å²) in [5.41, 5.74) is 6.52. The average Bonchev–Trinajstić information content (AvgIpc) is 3.36. The first kappa shape index (κ1) is 18.3. The van der Waals surface area contributed by atoms with E-state index in [0.717, 1.165) is 9.88 Å². The first-order chi connectivity index (χ1) is 13.6. The molecule has 28 heavy (non-hydrogen) atoms. The van der Waals surface area contributed by atoms with Gasteiger partial charge < -0.3 is 0 Å². The van der Waals surface area contributed by atoms with Crippen LogP contribution in [0, 0.1) is 6.92 Å². The van der Waals surface area contributed by atoms with Crippen LogP contribution < -0.4 is 16.4 Å². The van der Waals surface area contributed by atoms with Crippen LogP contribution in [-0.4, -0.2) is 20.4 Å². The number of nitrogens with zero attached hydrogens (tertiary/aromatic N) is 3. The van der Waals surface area contributed by atoms with E-state index in [9.17, 15) is 9.59 Å². The minimum atomic E-state index is -0.317. The summed E-state index contributed by atoms with van der Waals surface area (Å²) >= 11 is 2.91. The SMILES string of the molecule is CCn1c(NNC(=O)c2sc(-c3cccs3)nc2C)nc2ccccc2c1=O. The molecule has 0 fully saturated rings. The van der Waals surface area contributed by atoms with Crippen molar-refractivity contribution < 1.29 is 4.79 Å². The molecular formula is C19H17N5O2S2. The predicted octanol–water partition coefficient (Wildman–Crippen LogP) is 3.67. The Morgan fingerprint density at radius 3 is 2.75 bits per heavy atom. The Morgan fingerprint density at radius 1 is 1.18 bits per heavy atom. The molecule has 1 aromatic carbocycles. The minimum absolute atomic E-state index is 0.154. The van der Waals surface area contributed by atoms with Crippen LogP contribution >= 0.6 is 22.7 Å². The molecule has 0 spiro atoms. The quantitative estimate of drug-likeness (QED) is 0.489. The van der Waals surface area contributed by atoms with Gasteiger partial charge in [-0.05, 0) is 37.4 Å². The summed E-state index contributed by atoms with van der Waals surface area (Å²) in [6, 6.07) is 11.1. The normalized spacial score (nSPS) is 10.9. The Morgan fingerprint density at radius 2 is 2.00 bits per heavy atom. The summed E-state index contributed by atoms with van der Waals surface area (Å²) in [6.07, 6.45) is 0. The van der Waals surface area contributed by atoms with Gasteiger partial charge in [0.2, 0.25) is 5.95 Å². The average molecular weight is 412 g/mol. The lowest BCUT2D eigenvalue weighted by Gasteiger charge is -2.13. The van der Waals surface area contributed by atoms with Crippen LogP contribution in [0.2, 0.25) is 0 Å². The molecule has 1 amide bonds. The van der Waals surface area contributed by atoms with Crippen LogP contribution in [0.25, 0.3) is 20.8 Å². The number of para-hydroxylation sites is 1. The minimum Gasteiger partial charge on any atom is -0.277 e. The lowest BCUT2D eigenvalue weighted by Crippen LogP contribution is -2.34.